The highest BCUT2D eigenvalue weighted by Gasteiger charge is 1.93. The van der Waals surface area contributed by atoms with E-state index in [-0.39, 0.29) is 0 Å². The fraction of sp³-hybridized carbons (Fsp3) is 0.579. The van der Waals surface area contributed by atoms with E-state index in [0.29, 0.717) is 0 Å². The minimum absolute atomic E-state index is 0.928. The lowest BCUT2D eigenvalue weighted by molar-refractivity contribution is 0.414. The second-order valence-corrected chi connectivity index (χ2v) is 4.30. The second kappa shape index (κ2) is 18.5. The molecule has 0 spiro atoms. The fourth-order valence-corrected chi connectivity index (χ4v) is 1.66. The number of nitrogens with one attached hydrogen (secondary N) is 1. The van der Waals surface area contributed by atoms with Crippen LogP contribution in [0.1, 0.15) is 52.5 Å². The summed E-state index contributed by atoms with van der Waals surface area (Å²) in [6.07, 6.45) is 9.90. The summed E-state index contributed by atoms with van der Waals surface area (Å²) in [5, 5.41) is 3.28. The lowest BCUT2D eigenvalue weighted by atomic mass is 10.2. The highest BCUT2D eigenvalue weighted by Crippen LogP contribution is 2.10. The van der Waals surface area contributed by atoms with Crippen molar-refractivity contribution in [2.75, 3.05) is 20.2 Å². The molecule has 0 unspecified atom stereocenters. The average Bonchev–Trinajstić information content (AvgIpc) is 2.59. The highest BCUT2D eigenvalue weighted by molar-refractivity contribution is 5.26. The van der Waals surface area contributed by atoms with Gasteiger partial charge < -0.3 is 10.1 Å². The maximum Gasteiger partial charge on any atom is 0.118 e. The lowest BCUT2D eigenvalue weighted by Gasteiger charge is -2.08. The quantitative estimate of drug-likeness (QED) is 0.799. The van der Waals surface area contributed by atoms with Crippen LogP contribution >= 0.6 is 0 Å². The molecule has 0 bridgehead atoms. The van der Waals surface area contributed by atoms with Crippen LogP contribution in [-0.2, 0) is 6.42 Å². The first-order valence-corrected chi connectivity index (χ1v) is 7.99. The number of ether oxygens (including phenoxy) is 1. The molecule has 2 heteroatoms. The van der Waals surface area contributed by atoms with Gasteiger partial charge in [0.05, 0.1) is 7.11 Å². The molecule has 1 aromatic rings. The van der Waals surface area contributed by atoms with Gasteiger partial charge in [-0.25, -0.2) is 0 Å². The second-order valence-electron chi connectivity index (χ2n) is 4.30. The summed E-state index contributed by atoms with van der Waals surface area (Å²) < 4.78 is 5.01. The Kier molecular flexibility index (Phi) is 19.3. The first kappa shape index (κ1) is 21.8. The van der Waals surface area contributed by atoms with E-state index in [1.54, 1.807) is 14.0 Å². The molecule has 2 nitrogen and oxygen atoms in total. The molecule has 1 aliphatic heterocycles. The minimum atomic E-state index is 0.928. The predicted molar refractivity (Wildman–Crippen MR) is 94.9 cm³/mol. The third-order valence-corrected chi connectivity index (χ3v) is 2.77. The van der Waals surface area contributed by atoms with Gasteiger partial charge in [0.15, 0.2) is 0 Å². The molecule has 2 rings (SSSR count). The Morgan fingerprint density at radius 3 is 1.81 bits per heavy atom. The molecule has 1 N–H and O–H groups in total. The summed E-state index contributed by atoms with van der Waals surface area (Å²) in [4.78, 5) is 0. The Labute approximate surface area is 132 Å². The first-order valence-electron chi connectivity index (χ1n) is 7.99. The smallest absolute Gasteiger partial charge is 0.118 e. The Morgan fingerprint density at radius 1 is 1.10 bits per heavy atom. The number of aryl methyl sites for hydroxylation is 1. The van der Waals surface area contributed by atoms with Gasteiger partial charge in [-0.2, -0.15) is 0 Å². The van der Waals surface area contributed by atoms with Crippen molar-refractivity contribution in [2.45, 2.75) is 53.4 Å². The number of hydrogen-bond donors (Lipinski definition) is 1. The van der Waals surface area contributed by atoms with Crippen LogP contribution in [0.5, 0.6) is 5.75 Å². The van der Waals surface area contributed by atoms with E-state index in [1.807, 2.05) is 26.0 Å². The standard InChI is InChI=1S/C9H12O.C5H11N.C3H4.C2H6/c1-3-8-4-6-9(10-2)7-5-8;1-2-4-6-5-3-1;1-3-2;1-2/h4-7H,3H2,1-2H3;6H,1-5H2;1H,2H3;1-2H3. The first-order chi connectivity index (χ1) is 10.3. The van der Waals surface area contributed by atoms with Crippen LogP contribution in [0.3, 0.4) is 0 Å². The van der Waals surface area contributed by atoms with Gasteiger partial charge in [0.25, 0.3) is 0 Å². The normalized spacial score (nSPS) is 12.0. The summed E-state index contributed by atoms with van der Waals surface area (Å²) in [5.41, 5.74) is 1.35. The van der Waals surface area contributed by atoms with Crippen LogP contribution in [0.25, 0.3) is 0 Å². The third-order valence-electron chi connectivity index (χ3n) is 2.77. The molecule has 0 aromatic heterocycles. The number of hydrogen-bond acceptors (Lipinski definition) is 2. The molecular formula is C19H33NO. The molecule has 1 aromatic carbocycles. The molecule has 1 fully saturated rings. The molecular weight excluding hydrogens is 258 g/mol. The Morgan fingerprint density at radius 2 is 1.57 bits per heavy atom. The van der Waals surface area contributed by atoms with Crippen molar-refractivity contribution in [3.63, 3.8) is 0 Å². The molecule has 120 valence electrons. The van der Waals surface area contributed by atoms with Crippen LogP contribution in [0.15, 0.2) is 24.3 Å². The summed E-state index contributed by atoms with van der Waals surface area (Å²) in [6, 6.07) is 8.13. The van der Waals surface area contributed by atoms with Gasteiger partial charge in [0.2, 0.25) is 0 Å². The summed E-state index contributed by atoms with van der Waals surface area (Å²) in [5.74, 6) is 3.18. The van der Waals surface area contributed by atoms with Crippen LogP contribution in [-0.4, -0.2) is 20.2 Å². The maximum atomic E-state index is 5.01. The zero-order valence-electron chi connectivity index (χ0n) is 14.5. The summed E-state index contributed by atoms with van der Waals surface area (Å²) in [7, 11) is 1.68. The predicted octanol–water partition coefficient (Wildman–Crippen LogP) is 4.68. The third kappa shape index (κ3) is 14.8. The highest BCUT2D eigenvalue weighted by atomic mass is 16.5. The summed E-state index contributed by atoms with van der Waals surface area (Å²) in [6.45, 7) is 10.3. The van der Waals surface area contributed by atoms with Crippen molar-refractivity contribution >= 4 is 0 Å². The van der Waals surface area contributed by atoms with Gasteiger partial charge in [-0.05, 0) is 57.0 Å². The van der Waals surface area contributed by atoms with E-state index < -0.39 is 0 Å². The van der Waals surface area contributed by atoms with Crippen LogP contribution in [0.2, 0.25) is 0 Å². The van der Waals surface area contributed by atoms with Crippen LogP contribution in [0.4, 0.5) is 0 Å². The molecule has 0 aliphatic carbocycles. The number of terminal acetylenes is 1. The van der Waals surface area contributed by atoms with E-state index in [0.717, 1.165) is 12.2 Å². The number of benzene rings is 1. The molecule has 0 radical (unpaired) electrons. The van der Waals surface area contributed by atoms with Gasteiger partial charge in [-0.1, -0.05) is 39.3 Å². The number of rotatable bonds is 2. The van der Waals surface area contributed by atoms with Crippen molar-refractivity contribution in [2.24, 2.45) is 0 Å². The molecule has 1 heterocycles. The van der Waals surface area contributed by atoms with Gasteiger partial charge in [0, 0.05) is 0 Å². The van der Waals surface area contributed by atoms with Crippen molar-refractivity contribution < 1.29 is 4.74 Å². The Bertz CT molecular complexity index is 299. The monoisotopic (exact) mass is 291 g/mol. The summed E-state index contributed by atoms with van der Waals surface area (Å²) >= 11 is 0. The zero-order chi connectivity index (χ0) is 16.3. The van der Waals surface area contributed by atoms with Crippen LogP contribution in [0, 0.1) is 12.3 Å². The maximum absolute atomic E-state index is 5.01. The van der Waals surface area contributed by atoms with Crippen molar-refractivity contribution in [3.8, 4) is 18.1 Å². The van der Waals surface area contributed by atoms with E-state index >= 15 is 0 Å². The minimum Gasteiger partial charge on any atom is -0.497 e. The largest absolute Gasteiger partial charge is 0.497 e. The Hall–Kier alpha value is -1.46. The van der Waals surface area contributed by atoms with E-state index in [9.17, 15) is 0 Å². The van der Waals surface area contributed by atoms with E-state index in [4.69, 9.17) is 4.74 Å². The van der Waals surface area contributed by atoms with E-state index in [1.165, 1.54) is 37.9 Å². The molecule has 0 atom stereocenters. The van der Waals surface area contributed by atoms with Gasteiger partial charge in [-0.15, -0.1) is 12.3 Å². The number of piperidine rings is 1. The van der Waals surface area contributed by atoms with E-state index in [2.05, 4.69) is 36.7 Å². The zero-order valence-corrected chi connectivity index (χ0v) is 14.5. The number of methoxy groups -OCH3 is 1. The van der Waals surface area contributed by atoms with Gasteiger partial charge in [0.1, 0.15) is 5.75 Å². The SMILES string of the molecule is C#CC.C1CCNCC1.CC.CCc1ccc(OC)cc1. The lowest BCUT2D eigenvalue weighted by Crippen LogP contribution is -2.21. The molecule has 1 aliphatic rings. The van der Waals surface area contributed by atoms with Crippen molar-refractivity contribution in [3.05, 3.63) is 29.8 Å². The van der Waals surface area contributed by atoms with Gasteiger partial charge >= 0.3 is 0 Å². The molecule has 21 heavy (non-hydrogen) atoms. The fourth-order valence-electron chi connectivity index (χ4n) is 1.66. The van der Waals surface area contributed by atoms with Crippen molar-refractivity contribution in [1.82, 2.24) is 5.32 Å². The van der Waals surface area contributed by atoms with Gasteiger partial charge in [-0.3, -0.25) is 0 Å². The topological polar surface area (TPSA) is 21.3 Å². The van der Waals surface area contributed by atoms with Crippen molar-refractivity contribution in [1.29, 1.82) is 0 Å². The average molecular weight is 291 g/mol. The molecule has 1 saturated heterocycles. The Balaban J connectivity index is 0. The van der Waals surface area contributed by atoms with Crippen LogP contribution < -0.4 is 10.1 Å². The molecule has 0 amide bonds. The molecule has 0 saturated carbocycles.